The van der Waals surface area contributed by atoms with E-state index in [1.807, 2.05) is 41.1 Å². The molecule has 2 aromatic heterocycles. The minimum atomic E-state index is -0.272. The topological polar surface area (TPSA) is 72.7 Å². The molecule has 0 spiro atoms. The van der Waals surface area contributed by atoms with Gasteiger partial charge in [-0.2, -0.15) is 0 Å². The third kappa shape index (κ3) is 2.94. The summed E-state index contributed by atoms with van der Waals surface area (Å²) in [4.78, 5) is 24.0. The fourth-order valence-electron chi connectivity index (χ4n) is 1.96. The maximum absolute atomic E-state index is 11.9. The summed E-state index contributed by atoms with van der Waals surface area (Å²) in [6.45, 7) is 0.317. The summed E-state index contributed by atoms with van der Waals surface area (Å²) in [5.74, 6) is 0.476. The summed E-state index contributed by atoms with van der Waals surface area (Å²) < 4.78 is 1.93. The number of imidazole rings is 1. The Bertz CT molecular complexity index is 724. The van der Waals surface area contributed by atoms with Crippen LogP contribution in [0.25, 0.3) is 5.69 Å². The second-order valence-electron chi connectivity index (χ2n) is 4.32. The largest absolute Gasteiger partial charge is 0.343 e. The molecule has 0 aliphatic carbocycles. The maximum Gasteiger partial charge on any atom is 0.271 e. The molecule has 0 aliphatic rings. The van der Waals surface area contributed by atoms with Crippen molar-refractivity contribution in [2.24, 2.45) is 0 Å². The molecule has 6 heteroatoms. The van der Waals surface area contributed by atoms with Crippen LogP contribution in [0.1, 0.15) is 16.3 Å². The van der Waals surface area contributed by atoms with Gasteiger partial charge in [-0.05, 0) is 12.1 Å². The van der Waals surface area contributed by atoms with Crippen LogP contribution in [-0.2, 0) is 6.54 Å². The molecule has 0 unspecified atom stereocenters. The molecule has 1 N–H and O–H groups in total. The van der Waals surface area contributed by atoms with E-state index in [0.29, 0.717) is 6.54 Å². The van der Waals surface area contributed by atoms with Gasteiger partial charge < -0.3 is 9.88 Å². The quantitative estimate of drug-likeness (QED) is 0.787. The Hall–Kier alpha value is -3.02. The van der Waals surface area contributed by atoms with Crippen LogP contribution in [0.3, 0.4) is 0 Å². The lowest BCUT2D eigenvalue weighted by Crippen LogP contribution is -2.25. The summed E-state index contributed by atoms with van der Waals surface area (Å²) in [6, 6.07) is 9.83. The van der Waals surface area contributed by atoms with Gasteiger partial charge in [0, 0.05) is 30.5 Å². The van der Waals surface area contributed by atoms with Crippen LogP contribution in [-0.4, -0.2) is 25.4 Å². The van der Waals surface area contributed by atoms with Crippen LogP contribution >= 0.6 is 0 Å². The summed E-state index contributed by atoms with van der Waals surface area (Å²) in [7, 11) is 0. The molecular weight excluding hydrogens is 266 g/mol. The SMILES string of the molecule is O=C(NCc1nccn1-c1ccccc1)c1cnccn1. The molecular formula is C15H13N5O. The third-order valence-electron chi connectivity index (χ3n) is 2.95. The molecule has 6 nitrogen and oxygen atoms in total. The molecule has 1 amide bonds. The highest BCUT2D eigenvalue weighted by molar-refractivity contribution is 5.91. The molecule has 21 heavy (non-hydrogen) atoms. The number of amides is 1. The number of nitrogens with one attached hydrogen (secondary N) is 1. The maximum atomic E-state index is 11.9. The Morgan fingerprint density at radius 1 is 1.10 bits per heavy atom. The standard InChI is InChI=1S/C15H13N5O/c21-15(13-10-16-6-7-17-13)19-11-14-18-8-9-20(14)12-4-2-1-3-5-12/h1-10H,11H2,(H,19,21). The first kappa shape index (κ1) is 13.0. The van der Waals surface area contributed by atoms with Crippen molar-refractivity contribution in [2.45, 2.75) is 6.54 Å². The van der Waals surface area contributed by atoms with E-state index in [1.165, 1.54) is 18.6 Å². The van der Waals surface area contributed by atoms with Gasteiger partial charge in [0.05, 0.1) is 12.7 Å². The van der Waals surface area contributed by atoms with Crippen molar-refractivity contribution in [1.29, 1.82) is 0 Å². The molecule has 0 fully saturated rings. The number of para-hydroxylation sites is 1. The average Bonchev–Trinajstić information content (AvgIpc) is 3.03. The van der Waals surface area contributed by atoms with Crippen molar-refractivity contribution in [3.63, 3.8) is 0 Å². The molecule has 0 saturated heterocycles. The van der Waals surface area contributed by atoms with Gasteiger partial charge >= 0.3 is 0 Å². The summed E-state index contributed by atoms with van der Waals surface area (Å²) in [6.07, 6.45) is 8.01. The predicted molar refractivity (Wildman–Crippen MR) is 76.8 cm³/mol. The van der Waals surface area contributed by atoms with Crippen LogP contribution < -0.4 is 5.32 Å². The minimum Gasteiger partial charge on any atom is -0.343 e. The summed E-state index contributed by atoms with van der Waals surface area (Å²) in [5.41, 5.74) is 1.29. The summed E-state index contributed by atoms with van der Waals surface area (Å²) in [5, 5.41) is 2.79. The Morgan fingerprint density at radius 3 is 2.71 bits per heavy atom. The van der Waals surface area contributed by atoms with Gasteiger partial charge in [-0.15, -0.1) is 0 Å². The van der Waals surface area contributed by atoms with Crippen LogP contribution in [0.2, 0.25) is 0 Å². The van der Waals surface area contributed by atoms with Crippen molar-refractivity contribution in [2.75, 3.05) is 0 Å². The number of rotatable bonds is 4. The number of hydrogen-bond donors (Lipinski definition) is 1. The Morgan fingerprint density at radius 2 is 1.95 bits per heavy atom. The number of benzene rings is 1. The zero-order valence-corrected chi connectivity index (χ0v) is 11.2. The highest BCUT2D eigenvalue weighted by atomic mass is 16.1. The van der Waals surface area contributed by atoms with Crippen molar-refractivity contribution < 1.29 is 4.79 Å². The molecule has 0 saturated carbocycles. The van der Waals surface area contributed by atoms with E-state index < -0.39 is 0 Å². The molecule has 0 radical (unpaired) electrons. The fourth-order valence-corrected chi connectivity index (χ4v) is 1.96. The van der Waals surface area contributed by atoms with Crippen LogP contribution in [0.15, 0.2) is 61.3 Å². The van der Waals surface area contributed by atoms with Crippen LogP contribution in [0, 0.1) is 0 Å². The Labute approximate surface area is 121 Å². The first-order chi connectivity index (χ1) is 10.3. The van der Waals surface area contributed by atoms with E-state index in [1.54, 1.807) is 6.20 Å². The lowest BCUT2D eigenvalue weighted by molar-refractivity contribution is 0.0944. The molecule has 104 valence electrons. The molecule has 0 aliphatic heterocycles. The highest BCUT2D eigenvalue weighted by Gasteiger charge is 2.09. The normalized spacial score (nSPS) is 10.3. The monoisotopic (exact) mass is 279 g/mol. The molecule has 3 rings (SSSR count). The molecule has 2 heterocycles. The molecule has 0 atom stereocenters. The van der Waals surface area contributed by atoms with Gasteiger partial charge in [-0.25, -0.2) is 9.97 Å². The van der Waals surface area contributed by atoms with E-state index in [-0.39, 0.29) is 11.6 Å². The van der Waals surface area contributed by atoms with E-state index in [9.17, 15) is 4.79 Å². The van der Waals surface area contributed by atoms with Gasteiger partial charge in [-0.1, -0.05) is 18.2 Å². The minimum absolute atomic E-state index is 0.272. The van der Waals surface area contributed by atoms with E-state index in [0.717, 1.165) is 11.5 Å². The zero-order chi connectivity index (χ0) is 14.5. The highest BCUT2D eigenvalue weighted by Crippen LogP contribution is 2.09. The number of aromatic nitrogens is 4. The van der Waals surface area contributed by atoms with Gasteiger partial charge in [0.2, 0.25) is 0 Å². The lowest BCUT2D eigenvalue weighted by atomic mass is 10.3. The van der Waals surface area contributed by atoms with Crippen LogP contribution in [0.5, 0.6) is 0 Å². The predicted octanol–water partition coefficient (Wildman–Crippen LogP) is 1.59. The first-order valence-electron chi connectivity index (χ1n) is 6.46. The van der Waals surface area contributed by atoms with E-state index in [2.05, 4.69) is 20.3 Å². The average molecular weight is 279 g/mol. The molecule has 1 aromatic carbocycles. The van der Waals surface area contributed by atoms with E-state index in [4.69, 9.17) is 0 Å². The van der Waals surface area contributed by atoms with Crippen molar-refractivity contribution in [3.05, 3.63) is 72.8 Å². The van der Waals surface area contributed by atoms with Crippen LogP contribution in [0.4, 0.5) is 0 Å². The van der Waals surface area contributed by atoms with Gasteiger partial charge in [-0.3, -0.25) is 9.78 Å². The van der Waals surface area contributed by atoms with Crippen molar-refractivity contribution in [3.8, 4) is 5.69 Å². The molecule has 3 aromatic rings. The second-order valence-corrected chi connectivity index (χ2v) is 4.32. The van der Waals surface area contributed by atoms with E-state index >= 15 is 0 Å². The third-order valence-corrected chi connectivity index (χ3v) is 2.95. The number of nitrogens with zero attached hydrogens (tertiary/aromatic N) is 4. The number of hydrogen-bond acceptors (Lipinski definition) is 4. The number of carbonyl (C=O) groups is 1. The van der Waals surface area contributed by atoms with Gasteiger partial charge in [0.1, 0.15) is 11.5 Å². The van der Waals surface area contributed by atoms with Gasteiger partial charge in [0.15, 0.2) is 0 Å². The Balaban J connectivity index is 1.73. The second kappa shape index (κ2) is 5.96. The number of carbonyl (C=O) groups excluding carboxylic acids is 1. The smallest absolute Gasteiger partial charge is 0.271 e. The zero-order valence-electron chi connectivity index (χ0n) is 11.2. The van der Waals surface area contributed by atoms with Gasteiger partial charge in [0.25, 0.3) is 5.91 Å². The van der Waals surface area contributed by atoms with Crippen molar-refractivity contribution in [1.82, 2.24) is 24.8 Å². The lowest BCUT2D eigenvalue weighted by Gasteiger charge is -2.08. The fraction of sp³-hybridized carbons (Fsp3) is 0.0667. The van der Waals surface area contributed by atoms with Crippen molar-refractivity contribution >= 4 is 5.91 Å². The summed E-state index contributed by atoms with van der Waals surface area (Å²) >= 11 is 0. The first-order valence-corrected chi connectivity index (χ1v) is 6.46. The molecule has 0 bridgehead atoms. The Kier molecular flexibility index (Phi) is 3.68.